The second kappa shape index (κ2) is 7.46. The summed E-state index contributed by atoms with van der Waals surface area (Å²) >= 11 is 1.79. The number of hydrogen-bond acceptors (Lipinski definition) is 4. The molecule has 0 aliphatic carbocycles. The van der Waals surface area contributed by atoms with Crippen molar-refractivity contribution in [1.29, 1.82) is 0 Å². The average molecular weight is 264 g/mol. The number of hydrogen-bond donors (Lipinski definition) is 2. The molecule has 0 fully saturated rings. The molecule has 2 N–H and O–H groups in total. The SMILES string of the molecule is OCCCCCNCCc1nc2ccccc2s1. The third kappa shape index (κ3) is 4.05. The lowest BCUT2D eigenvalue weighted by Gasteiger charge is -2.02. The van der Waals surface area contributed by atoms with Crippen molar-refractivity contribution >= 4 is 21.6 Å². The minimum atomic E-state index is 0.311. The Morgan fingerprint density at radius 2 is 2.00 bits per heavy atom. The highest BCUT2D eigenvalue weighted by Gasteiger charge is 2.02. The first-order valence-electron chi connectivity index (χ1n) is 6.56. The number of rotatable bonds is 8. The highest BCUT2D eigenvalue weighted by atomic mass is 32.1. The van der Waals surface area contributed by atoms with Crippen LogP contribution in [-0.2, 0) is 6.42 Å². The van der Waals surface area contributed by atoms with Gasteiger partial charge in [0, 0.05) is 19.6 Å². The van der Waals surface area contributed by atoms with Gasteiger partial charge in [0.25, 0.3) is 0 Å². The summed E-state index contributed by atoms with van der Waals surface area (Å²) in [5, 5.41) is 13.3. The van der Waals surface area contributed by atoms with Gasteiger partial charge in [0.2, 0.25) is 0 Å². The molecule has 3 nitrogen and oxygen atoms in total. The predicted molar refractivity (Wildman–Crippen MR) is 77.1 cm³/mol. The van der Waals surface area contributed by atoms with E-state index < -0.39 is 0 Å². The van der Waals surface area contributed by atoms with Crippen LogP contribution in [0.25, 0.3) is 10.2 Å². The van der Waals surface area contributed by atoms with E-state index in [-0.39, 0.29) is 0 Å². The molecule has 0 bridgehead atoms. The van der Waals surface area contributed by atoms with Crippen molar-refractivity contribution in [3.05, 3.63) is 29.3 Å². The standard InChI is InChI=1S/C14H20N2OS/c17-11-5-1-4-9-15-10-8-14-16-12-6-2-3-7-13(12)18-14/h2-3,6-7,15,17H,1,4-5,8-11H2. The van der Waals surface area contributed by atoms with Gasteiger partial charge in [0.15, 0.2) is 0 Å². The molecule has 0 atom stereocenters. The van der Waals surface area contributed by atoms with Gasteiger partial charge in [-0.05, 0) is 37.9 Å². The van der Waals surface area contributed by atoms with Gasteiger partial charge in [-0.2, -0.15) is 0 Å². The highest BCUT2D eigenvalue weighted by molar-refractivity contribution is 7.18. The largest absolute Gasteiger partial charge is 0.396 e. The number of para-hydroxylation sites is 1. The van der Waals surface area contributed by atoms with Crippen LogP contribution in [0.4, 0.5) is 0 Å². The molecule has 0 aliphatic heterocycles. The second-order valence-electron chi connectivity index (χ2n) is 4.36. The average Bonchev–Trinajstić information content (AvgIpc) is 2.80. The molecule has 1 aromatic heterocycles. The second-order valence-corrected chi connectivity index (χ2v) is 5.47. The summed E-state index contributed by atoms with van der Waals surface area (Å²) < 4.78 is 1.27. The lowest BCUT2D eigenvalue weighted by atomic mass is 10.2. The number of nitrogens with one attached hydrogen (secondary N) is 1. The topological polar surface area (TPSA) is 45.1 Å². The quantitative estimate of drug-likeness (QED) is 0.720. The molecule has 98 valence electrons. The fraction of sp³-hybridized carbons (Fsp3) is 0.500. The molecule has 0 unspecified atom stereocenters. The maximum Gasteiger partial charge on any atom is 0.0951 e. The number of fused-ring (bicyclic) bond motifs is 1. The summed E-state index contributed by atoms with van der Waals surface area (Å²) in [6.07, 6.45) is 4.16. The van der Waals surface area contributed by atoms with Crippen molar-refractivity contribution in [1.82, 2.24) is 10.3 Å². The molecule has 0 saturated carbocycles. The van der Waals surface area contributed by atoms with E-state index in [1.165, 1.54) is 9.71 Å². The molecule has 1 aromatic carbocycles. The fourth-order valence-electron chi connectivity index (χ4n) is 1.89. The minimum absolute atomic E-state index is 0.311. The molecule has 0 spiro atoms. The van der Waals surface area contributed by atoms with Crippen LogP contribution < -0.4 is 5.32 Å². The first-order chi connectivity index (χ1) is 8.90. The normalized spacial score (nSPS) is 11.2. The van der Waals surface area contributed by atoms with E-state index in [1.807, 2.05) is 6.07 Å². The van der Waals surface area contributed by atoms with Gasteiger partial charge in [-0.15, -0.1) is 11.3 Å². The van der Waals surface area contributed by atoms with E-state index >= 15 is 0 Å². The van der Waals surface area contributed by atoms with E-state index in [0.717, 1.165) is 44.3 Å². The van der Waals surface area contributed by atoms with Crippen LogP contribution in [0.1, 0.15) is 24.3 Å². The number of thiazole rings is 1. The number of aromatic nitrogens is 1. The van der Waals surface area contributed by atoms with Gasteiger partial charge in [0.05, 0.1) is 15.2 Å². The van der Waals surface area contributed by atoms with Crippen LogP contribution in [0, 0.1) is 0 Å². The monoisotopic (exact) mass is 264 g/mol. The van der Waals surface area contributed by atoms with Gasteiger partial charge in [-0.1, -0.05) is 12.1 Å². The van der Waals surface area contributed by atoms with Crippen molar-refractivity contribution in [2.45, 2.75) is 25.7 Å². The van der Waals surface area contributed by atoms with Crippen molar-refractivity contribution in [2.75, 3.05) is 19.7 Å². The zero-order chi connectivity index (χ0) is 12.6. The third-order valence-corrected chi connectivity index (χ3v) is 3.96. The van der Waals surface area contributed by atoms with Crippen LogP contribution in [-0.4, -0.2) is 29.8 Å². The zero-order valence-corrected chi connectivity index (χ0v) is 11.4. The Bertz CT molecular complexity index is 437. The van der Waals surface area contributed by atoms with Gasteiger partial charge < -0.3 is 10.4 Å². The van der Waals surface area contributed by atoms with Crippen LogP contribution in [0.5, 0.6) is 0 Å². The number of unbranched alkanes of at least 4 members (excludes halogenated alkanes) is 2. The zero-order valence-electron chi connectivity index (χ0n) is 10.6. The molecule has 0 radical (unpaired) electrons. The smallest absolute Gasteiger partial charge is 0.0951 e. The Hall–Kier alpha value is -0.970. The third-order valence-electron chi connectivity index (χ3n) is 2.87. The lowest BCUT2D eigenvalue weighted by molar-refractivity contribution is 0.283. The van der Waals surface area contributed by atoms with E-state index in [4.69, 9.17) is 5.11 Å². The number of nitrogens with zero attached hydrogens (tertiary/aromatic N) is 1. The molecule has 2 rings (SSSR count). The summed E-state index contributed by atoms with van der Waals surface area (Å²) in [6.45, 7) is 2.33. The molecule has 2 aromatic rings. The van der Waals surface area contributed by atoms with Gasteiger partial charge in [-0.25, -0.2) is 4.98 Å². The first-order valence-corrected chi connectivity index (χ1v) is 7.38. The Kier molecular flexibility index (Phi) is 5.58. The van der Waals surface area contributed by atoms with Gasteiger partial charge in [0.1, 0.15) is 0 Å². The number of aliphatic hydroxyl groups is 1. The fourth-order valence-corrected chi connectivity index (χ4v) is 2.85. The molecule has 0 saturated heterocycles. The predicted octanol–water partition coefficient (Wildman–Crippen LogP) is 2.59. The molecular weight excluding hydrogens is 244 g/mol. The highest BCUT2D eigenvalue weighted by Crippen LogP contribution is 2.21. The van der Waals surface area contributed by atoms with Crippen molar-refractivity contribution in [3.63, 3.8) is 0 Å². The summed E-state index contributed by atoms with van der Waals surface area (Å²) in [5.74, 6) is 0. The molecular formula is C14H20N2OS. The maximum absolute atomic E-state index is 8.66. The lowest BCUT2D eigenvalue weighted by Crippen LogP contribution is -2.18. The Balaban J connectivity index is 1.67. The van der Waals surface area contributed by atoms with E-state index in [2.05, 4.69) is 28.5 Å². The molecule has 0 amide bonds. The van der Waals surface area contributed by atoms with E-state index in [1.54, 1.807) is 11.3 Å². The van der Waals surface area contributed by atoms with Crippen molar-refractivity contribution in [3.8, 4) is 0 Å². The van der Waals surface area contributed by atoms with Crippen molar-refractivity contribution < 1.29 is 5.11 Å². The van der Waals surface area contributed by atoms with Crippen LogP contribution >= 0.6 is 11.3 Å². The number of aliphatic hydroxyl groups excluding tert-OH is 1. The molecule has 0 aliphatic rings. The summed E-state index contributed by atoms with van der Waals surface area (Å²) in [4.78, 5) is 4.61. The molecule has 18 heavy (non-hydrogen) atoms. The summed E-state index contributed by atoms with van der Waals surface area (Å²) in [6, 6.07) is 8.28. The Morgan fingerprint density at radius 1 is 1.11 bits per heavy atom. The maximum atomic E-state index is 8.66. The van der Waals surface area contributed by atoms with Gasteiger partial charge >= 0.3 is 0 Å². The Labute approximate surface area is 112 Å². The van der Waals surface area contributed by atoms with E-state index in [9.17, 15) is 0 Å². The minimum Gasteiger partial charge on any atom is -0.396 e. The summed E-state index contributed by atoms with van der Waals surface area (Å²) in [7, 11) is 0. The summed E-state index contributed by atoms with van der Waals surface area (Å²) in [5.41, 5.74) is 1.11. The van der Waals surface area contributed by atoms with Crippen LogP contribution in [0.15, 0.2) is 24.3 Å². The van der Waals surface area contributed by atoms with Gasteiger partial charge in [-0.3, -0.25) is 0 Å². The Morgan fingerprint density at radius 3 is 2.83 bits per heavy atom. The number of benzene rings is 1. The van der Waals surface area contributed by atoms with E-state index in [0.29, 0.717) is 6.61 Å². The van der Waals surface area contributed by atoms with Crippen LogP contribution in [0.3, 0.4) is 0 Å². The first kappa shape index (κ1) is 13.5. The van der Waals surface area contributed by atoms with Crippen molar-refractivity contribution in [2.24, 2.45) is 0 Å². The molecule has 1 heterocycles. The molecule has 4 heteroatoms. The van der Waals surface area contributed by atoms with Crippen LogP contribution in [0.2, 0.25) is 0 Å².